The maximum absolute atomic E-state index is 6.12. The van der Waals surface area contributed by atoms with Gasteiger partial charge in [-0.15, -0.1) is 0 Å². The average Bonchev–Trinajstić information content (AvgIpc) is 2.59. The Kier molecular flexibility index (Phi) is 2.18. The second-order valence-electron chi connectivity index (χ2n) is 5.98. The second-order valence-corrected chi connectivity index (χ2v) is 5.98. The lowest BCUT2D eigenvalue weighted by Crippen LogP contribution is -2.41. The first-order valence-corrected chi connectivity index (χ1v) is 6.57. The zero-order valence-electron chi connectivity index (χ0n) is 9.17. The van der Waals surface area contributed by atoms with E-state index in [2.05, 4.69) is 0 Å². The normalized spacial score (nSPS) is 52.4. The fourth-order valence-corrected chi connectivity index (χ4v) is 4.86. The molecule has 3 aliphatic carbocycles. The molecule has 4 atom stereocenters. The lowest BCUT2D eigenvalue weighted by molar-refractivity contribution is 0.00874. The third kappa shape index (κ3) is 1.20. The average molecular weight is 188 g/mol. The summed E-state index contributed by atoms with van der Waals surface area (Å²) in [4.78, 5) is 0. The molecule has 0 aliphatic heterocycles. The Morgan fingerprint density at radius 1 is 0.857 bits per heavy atom. The van der Waals surface area contributed by atoms with Crippen molar-refractivity contribution in [2.75, 3.05) is 0 Å². The minimum Gasteiger partial charge on any atom is -0.0771 e. The molecule has 0 aromatic carbocycles. The van der Waals surface area contributed by atoms with Gasteiger partial charge in [0.05, 0.1) is 7.85 Å². The molecule has 76 valence electrons. The van der Waals surface area contributed by atoms with Crippen molar-refractivity contribution in [3.63, 3.8) is 0 Å². The highest BCUT2D eigenvalue weighted by atomic mass is 14.6. The highest BCUT2D eigenvalue weighted by molar-refractivity contribution is 6.11. The summed E-state index contributed by atoms with van der Waals surface area (Å²) in [5.74, 6) is 2.63. The molecule has 3 saturated carbocycles. The first kappa shape index (κ1) is 9.30. The SMILES string of the molecule is [B]C1CCC23CCCC2CCCC3C1. The Bertz CT molecular complexity index is 225. The van der Waals surface area contributed by atoms with Crippen molar-refractivity contribution in [1.82, 2.24) is 0 Å². The zero-order chi connectivity index (χ0) is 9.60. The van der Waals surface area contributed by atoms with Gasteiger partial charge in [0.15, 0.2) is 0 Å². The lowest BCUT2D eigenvalue weighted by atomic mass is 9.52. The van der Waals surface area contributed by atoms with Crippen LogP contribution in [0, 0.1) is 17.3 Å². The maximum atomic E-state index is 6.12. The molecule has 0 aromatic heterocycles. The van der Waals surface area contributed by atoms with Crippen LogP contribution in [0.25, 0.3) is 0 Å². The first-order valence-electron chi connectivity index (χ1n) is 6.57. The van der Waals surface area contributed by atoms with Gasteiger partial charge in [-0.1, -0.05) is 31.5 Å². The van der Waals surface area contributed by atoms with Gasteiger partial charge in [0.25, 0.3) is 0 Å². The van der Waals surface area contributed by atoms with Crippen molar-refractivity contribution in [3.05, 3.63) is 0 Å². The molecule has 0 aromatic rings. The molecule has 2 radical (unpaired) electrons. The van der Waals surface area contributed by atoms with Crippen LogP contribution in [0.1, 0.15) is 57.8 Å². The molecule has 3 aliphatic rings. The van der Waals surface area contributed by atoms with E-state index in [0.717, 1.165) is 17.3 Å². The van der Waals surface area contributed by atoms with E-state index in [0.29, 0.717) is 5.82 Å². The molecule has 1 heteroatoms. The molecule has 0 amide bonds. The summed E-state index contributed by atoms with van der Waals surface area (Å²) >= 11 is 0. The lowest BCUT2D eigenvalue weighted by Gasteiger charge is -2.51. The Morgan fingerprint density at radius 2 is 1.64 bits per heavy atom. The van der Waals surface area contributed by atoms with E-state index in [1.807, 2.05) is 0 Å². The Morgan fingerprint density at radius 3 is 2.57 bits per heavy atom. The van der Waals surface area contributed by atoms with Crippen LogP contribution in [0.4, 0.5) is 0 Å². The van der Waals surface area contributed by atoms with E-state index in [1.54, 1.807) is 0 Å². The van der Waals surface area contributed by atoms with E-state index in [4.69, 9.17) is 7.85 Å². The van der Waals surface area contributed by atoms with E-state index in [1.165, 1.54) is 57.8 Å². The summed E-state index contributed by atoms with van der Waals surface area (Å²) in [6.45, 7) is 0. The maximum Gasteiger partial charge on any atom is 0.0699 e. The van der Waals surface area contributed by atoms with Gasteiger partial charge in [0, 0.05) is 0 Å². The van der Waals surface area contributed by atoms with Gasteiger partial charge in [-0.05, 0) is 49.4 Å². The molecule has 3 rings (SSSR count). The predicted molar refractivity (Wildman–Crippen MR) is 60.5 cm³/mol. The minimum atomic E-state index is 0.532. The molecule has 0 saturated heterocycles. The Balaban J connectivity index is 1.86. The molecule has 14 heavy (non-hydrogen) atoms. The summed E-state index contributed by atoms with van der Waals surface area (Å²) in [5.41, 5.74) is 0.786. The molecule has 1 spiro atoms. The topological polar surface area (TPSA) is 0 Å². The number of hydrogen-bond donors (Lipinski definition) is 0. The van der Waals surface area contributed by atoms with Crippen molar-refractivity contribution < 1.29 is 0 Å². The monoisotopic (exact) mass is 188 g/mol. The van der Waals surface area contributed by atoms with Gasteiger partial charge in [0.1, 0.15) is 0 Å². The summed E-state index contributed by atoms with van der Waals surface area (Å²) in [7, 11) is 6.12. The van der Waals surface area contributed by atoms with Gasteiger partial charge >= 0.3 is 0 Å². The van der Waals surface area contributed by atoms with Crippen LogP contribution in [0.3, 0.4) is 0 Å². The Labute approximate surface area is 89.3 Å². The van der Waals surface area contributed by atoms with Gasteiger partial charge < -0.3 is 0 Å². The molecule has 0 N–H and O–H groups in total. The first-order chi connectivity index (χ1) is 6.81. The van der Waals surface area contributed by atoms with Crippen molar-refractivity contribution in [1.29, 1.82) is 0 Å². The van der Waals surface area contributed by atoms with E-state index in [-0.39, 0.29) is 0 Å². The van der Waals surface area contributed by atoms with Crippen LogP contribution in [-0.2, 0) is 0 Å². The second kappa shape index (κ2) is 3.28. The van der Waals surface area contributed by atoms with Crippen LogP contribution in [-0.4, -0.2) is 7.85 Å². The van der Waals surface area contributed by atoms with E-state index < -0.39 is 0 Å². The zero-order valence-corrected chi connectivity index (χ0v) is 9.17. The summed E-state index contributed by atoms with van der Waals surface area (Å²) in [6.07, 6.45) is 13.2. The summed E-state index contributed by atoms with van der Waals surface area (Å²) < 4.78 is 0. The molecule has 4 unspecified atom stereocenters. The third-order valence-corrected chi connectivity index (χ3v) is 5.49. The standard InChI is InChI=1S/C13H21B/c14-12-6-8-13-7-2-5-10(13)3-1-4-11(13)9-12/h10-12H,1-9H2. The molecule has 0 heterocycles. The summed E-state index contributed by atoms with van der Waals surface area (Å²) in [5, 5.41) is 0. The van der Waals surface area contributed by atoms with Gasteiger partial charge in [-0.2, -0.15) is 0 Å². The highest BCUT2D eigenvalue weighted by Crippen LogP contribution is 2.62. The molecule has 3 fully saturated rings. The van der Waals surface area contributed by atoms with Crippen LogP contribution in [0.2, 0.25) is 5.82 Å². The van der Waals surface area contributed by atoms with E-state index >= 15 is 0 Å². The quantitative estimate of drug-likeness (QED) is 0.508. The molecular weight excluding hydrogens is 167 g/mol. The third-order valence-electron chi connectivity index (χ3n) is 5.49. The fourth-order valence-electron chi connectivity index (χ4n) is 4.86. The van der Waals surface area contributed by atoms with Crippen molar-refractivity contribution in [3.8, 4) is 0 Å². The molecular formula is C13H21B. The van der Waals surface area contributed by atoms with Gasteiger partial charge in [-0.25, -0.2) is 0 Å². The van der Waals surface area contributed by atoms with Crippen molar-refractivity contribution in [2.45, 2.75) is 63.6 Å². The van der Waals surface area contributed by atoms with Crippen molar-refractivity contribution in [2.24, 2.45) is 17.3 Å². The fraction of sp³-hybridized carbons (Fsp3) is 1.00. The van der Waals surface area contributed by atoms with Crippen LogP contribution >= 0.6 is 0 Å². The van der Waals surface area contributed by atoms with Crippen LogP contribution in [0.5, 0.6) is 0 Å². The number of rotatable bonds is 0. The van der Waals surface area contributed by atoms with Gasteiger partial charge in [-0.3, -0.25) is 0 Å². The highest BCUT2D eigenvalue weighted by Gasteiger charge is 2.51. The molecule has 0 bridgehead atoms. The van der Waals surface area contributed by atoms with Crippen LogP contribution < -0.4 is 0 Å². The Hall–Kier alpha value is 0.0649. The van der Waals surface area contributed by atoms with Crippen molar-refractivity contribution >= 4 is 7.85 Å². The largest absolute Gasteiger partial charge is 0.0771 e. The molecule has 0 nitrogen and oxygen atoms in total. The minimum absolute atomic E-state index is 0.532. The number of hydrogen-bond acceptors (Lipinski definition) is 0. The van der Waals surface area contributed by atoms with E-state index in [9.17, 15) is 0 Å². The van der Waals surface area contributed by atoms with Crippen LogP contribution in [0.15, 0.2) is 0 Å². The van der Waals surface area contributed by atoms with Gasteiger partial charge in [0.2, 0.25) is 0 Å². The smallest absolute Gasteiger partial charge is 0.0699 e. The predicted octanol–water partition coefficient (Wildman–Crippen LogP) is 3.71. The summed E-state index contributed by atoms with van der Waals surface area (Å²) in [6, 6.07) is 0.